The van der Waals surface area contributed by atoms with Crippen molar-refractivity contribution in [2.24, 2.45) is 11.7 Å². The summed E-state index contributed by atoms with van der Waals surface area (Å²) in [5.41, 5.74) is 5.05. The summed E-state index contributed by atoms with van der Waals surface area (Å²) in [4.78, 5) is 8.94. The van der Waals surface area contributed by atoms with Gasteiger partial charge in [-0.05, 0) is 30.2 Å². The average molecular weight is 302 g/mol. The number of rotatable bonds is 5. The predicted molar refractivity (Wildman–Crippen MR) is 87.9 cm³/mol. The van der Waals surface area contributed by atoms with Gasteiger partial charge in [0.2, 0.25) is 6.41 Å². The molecule has 22 heavy (non-hydrogen) atoms. The quantitative estimate of drug-likeness (QED) is 0.337. The predicted octanol–water partition coefficient (Wildman–Crippen LogP) is 1.49. The van der Waals surface area contributed by atoms with Crippen LogP contribution in [0.4, 0.5) is 5.69 Å². The molecule has 6 nitrogen and oxygen atoms in total. The Morgan fingerprint density at radius 1 is 1.18 bits per heavy atom. The fourth-order valence-corrected chi connectivity index (χ4v) is 1.80. The maximum absolute atomic E-state index is 8.94. The number of hydrazine groups is 2. The first-order chi connectivity index (χ1) is 10.6. The third-order valence-corrected chi connectivity index (χ3v) is 2.96. The molecule has 0 saturated heterocycles. The van der Waals surface area contributed by atoms with Crippen LogP contribution in [-0.2, 0) is 11.4 Å². The molecule has 0 aromatic heterocycles. The van der Waals surface area contributed by atoms with Gasteiger partial charge < -0.3 is 9.75 Å². The maximum Gasteiger partial charge on any atom is 0.221 e. The number of carbonyl (C=O) groups excluding carboxylic acids is 1. The zero-order chi connectivity index (χ0) is 16.4. The van der Waals surface area contributed by atoms with Crippen molar-refractivity contribution < 1.29 is 9.53 Å². The third kappa shape index (κ3) is 5.43. The summed E-state index contributed by atoms with van der Waals surface area (Å²) in [6.45, 7) is 2.64. The van der Waals surface area contributed by atoms with Crippen LogP contribution in [-0.4, -0.2) is 13.5 Å². The van der Waals surface area contributed by atoms with Crippen LogP contribution in [0.15, 0.2) is 48.5 Å². The summed E-state index contributed by atoms with van der Waals surface area (Å²) in [5, 5.41) is 1.56. The van der Waals surface area contributed by atoms with E-state index in [1.807, 2.05) is 36.4 Å². The largest absolute Gasteiger partial charge is 0.487 e. The summed E-state index contributed by atoms with van der Waals surface area (Å²) in [6, 6.07) is 16.0. The van der Waals surface area contributed by atoms with E-state index < -0.39 is 0 Å². The lowest BCUT2D eigenvalue weighted by Gasteiger charge is -2.17. The number of ether oxygens (including phenoxy) is 1. The van der Waals surface area contributed by atoms with Crippen molar-refractivity contribution in [3.05, 3.63) is 59.7 Å². The molecule has 2 aromatic rings. The van der Waals surface area contributed by atoms with Gasteiger partial charge in [-0.1, -0.05) is 36.4 Å². The van der Waals surface area contributed by atoms with E-state index in [-0.39, 0.29) is 0 Å². The van der Waals surface area contributed by atoms with Gasteiger partial charge >= 0.3 is 0 Å². The van der Waals surface area contributed by atoms with Gasteiger partial charge in [-0.25, -0.2) is 11.7 Å². The van der Waals surface area contributed by atoms with Gasteiger partial charge in [-0.2, -0.15) is 0 Å². The molecule has 0 aliphatic carbocycles. The Kier molecular flexibility index (Phi) is 7.45. The molecule has 5 N–H and O–H groups in total. The summed E-state index contributed by atoms with van der Waals surface area (Å²) >= 11 is 0. The van der Waals surface area contributed by atoms with Crippen molar-refractivity contribution >= 4 is 12.1 Å². The lowest BCUT2D eigenvalue weighted by molar-refractivity contribution is -0.109. The van der Waals surface area contributed by atoms with Crippen LogP contribution >= 0.6 is 0 Å². The van der Waals surface area contributed by atoms with Gasteiger partial charge in [0.15, 0.2) is 0 Å². The van der Waals surface area contributed by atoms with E-state index >= 15 is 0 Å². The fourth-order valence-electron chi connectivity index (χ4n) is 1.80. The van der Waals surface area contributed by atoms with Crippen LogP contribution in [0.3, 0.4) is 0 Å². The molecule has 0 radical (unpaired) electrons. The molecular formula is C16H22N4O2. The first-order valence-electron chi connectivity index (χ1n) is 6.74. The van der Waals surface area contributed by atoms with Gasteiger partial charge in [-0.3, -0.25) is 10.2 Å². The minimum absolute atomic E-state index is 0.403. The zero-order valence-electron chi connectivity index (χ0n) is 12.8. The van der Waals surface area contributed by atoms with Crippen molar-refractivity contribution in [2.75, 3.05) is 12.1 Å². The number of nitrogens with zero attached hydrogens (tertiary/aromatic N) is 1. The van der Waals surface area contributed by atoms with E-state index in [9.17, 15) is 0 Å². The van der Waals surface area contributed by atoms with Crippen LogP contribution in [0.2, 0.25) is 0 Å². The molecule has 0 aliphatic heterocycles. The van der Waals surface area contributed by atoms with Gasteiger partial charge in [0.05, 0.1) is 5.69 Å². The highest BCUT2D eigenvalue weighted by Crippen LogP contribution is 2.26. The Labute approximate surface area is 130 Å². The highest BCUT2D eigenvalue weighted by molar-refractivity contribution is 5.56. The molecule has 1 amide bonds. The number of nitrogens with two attached hydrogens (primary N) is 2. The minimum atomic E-state index is 0.403. The fraction of sp³-hybridized carbons (Fsp3) is 0.188. The molecular weight excluding hydrogens is 280 g/mol. The lowest BCUT2D eigenvalue weighted by atomic mass is 10.1. The number of hydrogen-bond acceptors (Lipinski definition) is 5. The molecule has 118 valence electrons. The second kappa shape index (κ2) is 9.38. The molecule has 2 aromatic carbocycles. The van der Waals surface area contributed by atoms with E-state index in [0.29, 0.717) is 13.0 Å². The monoisotopic (exact) mass is 302 g/mol. The van der Waals surface area contributed by atoms with Crippen molar-refractivity contribution in [3.63, 3.8) is 0 Å². The molecule has 0 atom stereocenters. The van der Waals surface area contributed by atoms with Gasteiger partial charge in [0, 0.05) is 7.05 Å². The van der Waals surface area contributed by atoms with Crippen molar-refractivity contribution in [1.82, 2.24) is 5.43 Å². The smallest absolute Gasteiger partial charge is 0.221 e. The molecule has 0 bridgehead atoms. The van der Waals surface area contributed by atoms with Crippen molar-refractivity contribution in [1.29, 1.82) is 0 Å². The van der Waals surface area contributed by atoms with E-state index in [2.05, 4.69) is 24.9 Å². The Hall–Kier alpha value is -2.57. The lowest BCUT2D eigenvalue weighted by Crippen LogP contribution is -2.25. The van der Waals surface area contributed by atoms with E-state index in [1.54, 1.807) is 17.5 Å². The molecule has 6 heteroatoms. The second-order valence-corrected chi connectivity index (χ2v) is 4.58. The number of anilines is 1. The topological polar surface area (TPSA) is 93.6 Å². The Morgan fingerprint density at radius 3 is 2.36 bits per heavy atom. The summed E-state index contributed by atoms with van der Waals surface area (Å²) in [5.74, 6) is 11.0. The first kappa shape index (κ1) is 17.5. The molecule has 0 heterocycles. The number of nitrogens with one attached hydrogen (secondary N) is 1. The van der Waals surface area contributed by atoms with Crippen LogP contribution in [0.5, 0.6) is 5.75 Å². The van der Waals surface area contributed by atoms with E-state index in [4.69, 9.17) is 15.4 Å². The van der Waals surface area contributed by atoms with Crippen molar-refractivity contribution in [2.45, 2.75) is 13.5 Å². The first-order valence-corrected chi connectivity index (χ1v) is 6.74. The number of aryl methyl sites for hydroxylation is 1. The summed E-state index contributed by atoms with van der Waals surface area (Å²) in [6.07, 6.45) is 0.403. The van der Waals surface area contributed by atoms with Crippen LogP contribution in [0.25, 0.3) is 0 Å². The SMILES string of the molecule is Cc1ccccc1COc1ccccc1N(C)N.NNC=O. The van der Waals surface area contributed by atoms with Crippen LogP contribution in [0, 0.1) is 6.92 Å². The minimum Gasteiger partial charge on any atom is -0.487 e. The molecule has 2 rings (SSSR count). The number of amides is 1. The standard InChI is InChI=1S/C15H18N2O.CH4N2O/c1-12-7-3-4-8-13(12)11-18-15-10-6-5-9-14(15)17(2)16;2-3-1-4/h3-10H,11,16H2,1-2H3;1H,2H2,(H,3,4). The average Bonchev–Trinajstić information content (AvgIpc) is 2.54. The van der Waals surface area contributed by atoms with Crippen LogP contribution in [0.1, 0.15) is 11.1 Å². The van der Waals surface area contributed by atoms with E-state index in [0.717, 1.165) is 11.4 Å². The number of carbonyl (C=O) groups is 1. The number of para-hydroxylation sites is 2. The summed E-state index contributed by atoms with van der Waals surface area (Å²) in [7, 11) is 1.80. The Bertz CT molecular complexity index is 588. The van der Waals surface area contributed by atoms with Gasteiger partial charge in [-0.15, -0.1) is 0 Å². The van der Waals surface area contributed by atoms with Crippen LogP contribution < -0.4 is 26.9 Å². The summed E-state index contributed by atoms with van der Waals surface area (Å²) < 4.78 is 5.84. The molecule has 0 saturated carbocycles. The molecule has 0 spiro atoms. The Balaban J connectivity index is 0.000000541. The van der Waals surface area contributed by atoms with Gasteiger partial charge in [0.25, 0.3) is 0 Å². The second-order valence-electron chi connectivity index (χ2n) is 4.58. The number of benzene rings is 2. The highest BCUT2D eigenvalue weighted by atomic mass is 16.5. The Morgan fingerprint density at radius 2 is 1.77 bits per heavy atom. The maximum atomic E-state index is 8.94. The highest BCUT2D eigenvalue weighted by Gasteiger charge is 2.05. The normalized spacial score (nSPS) is 9.27. The number of hydrogen-bond donors (Lipinski definition) is 3. The van der Waals surface area contributed by atoms with E-state index in [1.165, 1.54) is 11.1 Å². The zero-order valence-corrected chi connectivity index (χ0v) is 12.8. The molecule has 0 aliphatic rings. The third-order valence-electron chi connectivity index (χ3n) is 2.96. The van der Waals surface area contributed by atoms with Crippen molar-refractivity contribution in [3.8, 4) is 5.75 Å². The van der Waals surface area contributed by atoms with Gasteiger partial charge in [0.1, 0.15) is 12.4 Å². The molecule has 0 unspecified atom stereocenters. The molecule has 0 fully saturated rings.